The average Bonchev–Trinajstić information content (AvgIpc) is 3.40. The van der Waals surface area contributed by atoms with Gasteiger partial charge >= 0.3 is 0 Å². The molecule has 0 saturated heterocycles. The summed E-state index contributed by atoms with van der Waals surface area (Å²) in [4.78, 5) is 13.2. The molecule has 3 heteroatoms. The Balaban J connectivity index is 1.27. The summed E-state index contributed by atoms with van der Waals surface area (Å²) in [6.45, 7) is 0. The molecule has 10 rings (SSSR count). The fraction of sp³-hybridized carbons (Fsp3) is 0.0526. The van der Waals surface area contributed by atoms with E-state index in [-0.39, 0.29) is 0 Å². The topological polar surface area (TPSA) is 23.4 Å². The lowest BCUT2D eigenvalue weighted by atomic mass is 9.62. The highest BCUT2D eigenvalue weighted by Gasteiger charge is 2.60. The van der Waals surface area contributed by atoms with Gasteiger partial charge in [0, 0.05) is 38.7 Å². The van der Waals surface area contributed by atoms with Crippen molar-refractivity contribution >= 4 is 21.8 Å². The van der Waals surface area contributed by atoms with Gasteiger partial charge in [0.2, 0.25) is 0 Å². The number of aromatic nitrogens is 1. The Morgan fingerprint density at radius 2 is 0.756 bits per heavy atom. The highest BCUT2D eigenvalue weighted by Crippen LogP contribution is 2.61. The first kappa shape index (κ1) is 22.8. The highest BCUT2D eigenvalue weighted by molar-refractivity contribution is 6.09. The van der Waals surface area contributed by atoms with E-state index in [0.717, 1.165) is 39.1 Å². The minimum Gasteiger partial charge on any atom is -0.309 e. The quantitative estimate of drug-likeness (QED) is 0.215. The summed E-state index contributed by atoms with van der Waals surface area (Å²) < 4.78 is 2.34. The molecular weight excluding hydrogens is 502 g/mol. The predicted molar refractivity (Wildman–Crippen MR) is 162 cm³/mol. The van der Waals surface area contributed by atoms with E-state index < -0.39 is 11.2 Å². The van der Waals surface area contributed by atoms with Gasteiger partial charge in [0.15, 0.2) is 11.2 Å². The van der Waals surface area contributed by atoms with Gasteiger partial charge in [0.25, 0.3) is 0 Å². The zero-order valence-corrected chi connectivity index (χ0v) is 22.2. The minimum atomic E-state index is -0.886. The molecule has 0 unspecified atom stereocenters. The number of hydrogen-bond acceptors (Lipinski definition) is 2. The Morgan fingerprint density at radius 1 is 0.366 bits per heavy atom. The lowest BCUT2D eigenvalue weighted by molar-refractivity contribution is -0.410. The maximum absolute atomic E-state index is 6.63. The third-order valence-electron chi connectivity index (χ3n) is 8.96. The first-order valence-electron chi connectivity index (χ1n) is 14.0. The largest absolute Gasteiger partial charge is 0.309 e. The van der Waals surface area contributed by atoms with Crippen LogP contribution in [-0.2, 0) is 21.0 Å². The van der Waals surface area contributed by atoms with Crippen LogP contribution in [0.4, 0.5) is 0 Å². The summed E-state index contributed by atoms with van der Waals surface area (Å²) in [5, 5.41) is 2.50. The van der Waals surface area contributed by atoms with Crippen LogP contribution in [0.1, 0.15) is 33.4 Å². The molecule has 2 bridgehead atoms. The van der Waals surface area contributed by atoms with Crippen LogP contribution in [0.25, 0.3) is 27.5 Å². The molecule has 6 aromatic carbocycles. The fourth-order valence-electron chi connectivity index (χ4n) is 7.23. The molecule has 0 spiro atoms. The first-order chi connectivity index (χ1) is 20.3. The van der Waals surface area contributed by atoms with Crippen LogP contribution in [0.15, 0.2) is 152 Å². The molecule has 0 amide bonds. The molecular formula is C38H25NO2. The van der Waals surface area contributed by atoms with E-state index in [0.29, 0.717) is 0 Å². The molecule has 3 aliphatic rings. The van der Waals surface area contributed by atoms with Crippen molar-refractivity contribution in [2.45, 2.75) is 11.2 Å². The Labute approximate surface area is 237 Å². The van der Waals surface area contributed by atoms with Gasteiger partial charge in [-0.05, 0) is 35.4 Å². The fourth-order valence-corrected chi connectivity index (χ4v) is 7.23. The Hall–Kier alpha value is -4.96. The molecule has 0 saturated carbocycles. The van der Waals surface area contributed by atoms with Crippen molar-refractivity contribution in [2.24, 2.45) is 0 Å². The van der Waals surface area contributed by atoms with Crippen molar-refractivity contribution in [3.05, 3.63) is 185 Å². The van der Waals surface area contributed by atoms with Crippen LogP contribution in [0.2, 0.25) is 0 Å². The molecule has 41 heavy (non-hydrogen) atoms. The van der Waals surface area contributed by atoms with Crippen LogP contribution < -0.4 is 0 Å². The molecule has 1 aromatic heterocycles. The summed E-state index contributed by atoms with van der Waals surface area (Å²) >= 11 is 0. The van der Waals surface area contributed by atoms with Crippen molar-refractivity contribution in [2.75, 3.05) is 0 Å². The molecule has 3 nitrogen and oxygen atoms in total. The van der Waals surface area contributed by atoms with Crippen molar-refractivity contribution in [1.82, 2.24) is 4.57 Å². The van der Waals surface area contributed by atoms with E-state index in [2.05, 4.69) is 150 Å². The van der Waals surface area contributed by atoms with Crippen LogP contribution >= 0.6 is 0 Å². The van der Waals surface area contributed by atoms with Crippen LogP contribution in [-0.4, -0.2) is 4.57 Å². The molecule has 0 fully saturated rings. The van der Waals surface area contributed by atoms with Gasteiger partial charge in [-0.2, -0.15) is 0 Å². The zero-order chi connectivity index (χ0) is 27.0. The molecule has 1 aliphatic carbocycles. The van der Waals surface area contributed by atoms with Crippen molar-refractivity contribution in [1.29, 1.82) is 0 Å². The number of hydrogen-bond donors (Lipinski definition) is 0. The third kappa shape index (κ3) is 2.84. The van der Waals surface area contributed by atoms with Gasteiger partial charge in [-0.3, -0.25) is 0 Å². The summed E-state index contributed by atoms with van der Waals surface area (Å²) in [6, 6.07) is 53.5. The lowest BCUT2D eigenvalue weighted by Gasteiger charge is -2.53. The van der Waals surface area contributed by atoms with Gasteiger partial charge in [0.05, 0.1) is 11.0 Å². The Bertz CT molecular complexity index is 2010. The van der Waals surface area contributed by atoms with Gasteiger partial charge in [0.1, 0.15) is 0 Å². The standard InChI is InChI=1S/C38H25NO2/c1-2-12-26(13-3-1)37-31-16-6-8-18-33(31)38(41-40-37,34-19-9-7-17-32(34)37)27-22-24-28(25-23-27)39-35-20-10-4-14-29(35)30-15-5-11-21-36(30)39/h1-25H. The normalized spacial score (nSPS) is 20.7. The molecule has 3 heterocycles. The number of benzene rings is 6. The molecule has 0 radical (unpaired) electrons. The van der Waals surface area contributed by atoms with Crippen LogP contribution in [0.3, 0.4) is 0 Å². The van der Waals surface area contributed by atoms with E-state index in [1.165, 1.54) is 21.8 Å². The molecule has 0 atom stereocenters. The highest BCUT2D eigenvalue weighted by atomic mass is 17.2. The van der Waals surface area contributed by atoms with Crippen LogP contribution in [0, 0.1) is 0 Å². The zero-order valence-electron chi connectivity index (χ0n) is 22.2. The summed E-state index contributed by atoms with van der Waals surface area (Å²) in [7, 11) is 0. The number of fused-ring (bicyclic) bond motifs is 4. The second-order valence-electron chi connectivity index (χ2n) is 10.9. The van der Waals surface area contributed by atoms with Gasteiger partial charge in [-0.1, -0.05) is 127 Å². The predicted octanol–water partition coefficient (Wildman–Crippen LogP) is 8.64. The second-order valence-corrected chi connectivity index (χ2v) is 10.9. The summed E-state index contributed by atoms with van der Waals surface area (Å²) in [5.74, 6) is 0. The maximum atomic E-state index is 6.63. The SMILES string of the molecule is c1ccc(C23OOC(c4ccc(-n5c6ccccc6c6ccccc65)cc4)(c4ccccc42)c2ccccc23)cc1. The summed E-state index contributed by atoms with van der Waals surface area (Å²) in [6.07, 6.45) is 0. The van der Waals surface area contributed by atoms with Gasteiger partial charge in [-0.25, -0.2) is 9.78 Å². The van der Waals surface area contributed by atoms with Crippen LogP contribution in [0.5, 0.6) is 0 Å². The number of nitrogens with zero attached hydrogens (tertiary/aromatic N) is 1. The number of rotatable bonds is 3. The Kier molecular flexibility index (Phi) is 4.61. The van der Waals surface area contributed by atoms with E-state index in [4.69, 9.17) is 9.78 Å². The molecule has 0 N–H and O–H groups in total. The maximum Gasteiger partial charge on any atom is 0.179 e. The Morgan fingerprint density at radius 3 is 1.24 bits per heavy atom. The monoisotopic (exact) mass is 527 g/mol. The van der Waals surface area contributed by atoms with Crippen molar-refractivity contribution in [3.63, 3.8) is 0 Å². The van der Waals surface area contributed by atoms with E-state index in [1.807, 2.05) is 6.07 Å². The summed E-state index contributed by atoms with van der Waals surface area (Å²) in [5.41, 5.74) is 8.30. The van der Waals surface area contributed by atoms with Crippen molar-refractivity contribution in [3.8, 4) is 5.69 Å². The third-order valence-corrected chi connectivity index (χ3v) is 8.96. The van der Waals surface area contributed by atoms with E-state index in [1.54, 1.807) is 0 Å². The minimum absolute atomic E-state index is 0.834. The second kappa shape index (κ2) is 8.28. The average molecular weight is 528 g/mol. The van der Waals surface area contributed by atoms with Crippen molar-refractivity contribution < 1.29 is 9.78 Å². The number of para-hydroxylation sites is 2. The smallest absolute Gasteiger partial charge is 0.179 e. The first-order valence-corrected chi connectivity index (χ1v) is 14.0. The van der Waals surface area contributed by atoms with E-state index >= 15 is 0 Å². The lowest BCUT2D eigenvalue weighted by Crippen LogP contribution is -2.53. The van der Waals surface area contributed by atoms with E-state index in [9.17, 15) is 0 Å². The molecule has 2 aliphatic heterocycles. The van der Waals surface area contributed by atoms with Gasteiger partial charge in [-0.15, -0.1) is 0 Å². The molecule has 7 aromatic rings. The molecule has 194 valence electrons. The van der Waals surface area contributed by atoms with Gasteiger partial charge < -0.3 is 4.57 Å².